The molecule has 0 aliphatic carbocycles. The number of aryl methyl sites for hydroxylation is 1. The molecular formula is C15H21ClN2O. The van der Waals surface area contributed by atoms with E-state index in [2.05, 4.69) is 10.6 Å². The van der Waals surface area contributed by atoms with E-state index in [0.717, 1.165) is 24.0 Å². The molecule has 19 heavy (non-hydrogen) atoms. The zero-order valence-electron chi connectivity index (χ0n) is 11.2. The van der Waals surface area contributed by atoms with E-state index in [-0.39, 0.29) is 18.3 Å². The molecule has 1 aromatic rings. The van der Waals surface area contributed by atoms with Crippen LogP contribution in [0.15, 0.2) is 24.3 Å². The molecule has 2 aliphatic heterocycles. The van der Waals surface area contributed by atoms with E-state index in [4.69, 9.17) is 0 Å². The predicted octanol–water partition coefficient (Wildman–Crippen LogP) is 2.43. The summed E-state index contributed by atoms with van der Waals surface area (Å²) >= 11 is 0. The van der Waals surface area contributed by atoms with Crippen molar-refractivity contribution in [2.75, 3.05) is 0 Å². The van der Waals surface area contributed by atoms with Gasteiger partial charge in [0.2, 0.25) is 0 Å². The summed E-state index contributed by atoms with van der Waals surface area (Å²) in [7, 11) is 0. The lowest BCUT2D eigenvalue weighted by atomic mass is 9.99. The summed E-state index contributed by atoms with van der Waals surface area (Å²) in [5.74, 6) is 0.0741. The summed E-state index contributed by atoms with van der Waals surface area (Å²) in [5.41, 5.74) is 1.91. The summed E-state index contributed by atoms with van der Waals surface area (Å²) in [5, 5.41) is 6.78. The van der Waals surface area contributed by atoms with Crippen LogP contribution in [0, 0.1) is 6.92 Å². The third kappa shape index (κ3) is 3.28. The Hall–Kier alpha value is -1.06. The van der Waals surface area contributed by atoms with Crippen LogP contribution in [-0.4, -0.2) is 24.0 Å². The highest BCUT2D eigenvalue weighted by atomic mass is 35.5. The smallest absolute Gasteiger partial charge is 0.251 e. The normalized spacial score (nSPS) is 28.6. The number of benzene rings is 1. The van der Waals surface area contributed by atoms with Crippen molar-refractivity contribution >= 4 is 18.3 Å². The van der Waals surface area contributed by atoms with Gasteiger partial charge in [-0.05, 0) is 44.7 Å². The molecule has 2 aliphatic rings. The number of hydrogen-bond donors (Lipinski definition) is 2. The predicted molar refractivity (Wildman–Crippen MR) is 78.9 cm³/mol. The van der Waals surface area contributed by atoms with Crippen molar-refractivity contribution in [3.63, 3.8) is 0 Å². The maximum absolute atomic E-state index is 12.2. The third-order valence-electron chi connectivity index (χ3n) is 4.09. The zero-order valence-corrected chi connectivity index (χ0v) is 12.0. The molecule has 104 valence electrons. The fourth-order valence-electron chi connectivity index (χ4n) is 3.23. The van der Waals surface area contributed by atoms with Gasteiger partial charge < -0.3 is 10.6 Å². The van der Waals surface area contributed by atoms with Crippen LogP contribution in [0.4, 0.5) is 0 Å². The number of piperidine rings is 1. The van der Waals surface area contributed by atoms with Crippen molar-refractivity contribution in [1.82, 2.24) is 10.6 Å². The van der Waals surface area contributed by atoms with E-state index in [0.29, 0.717) is 18.1 Å². The van der Waals surface area contributed by atoms with E-state index in [1.807, 2.05) is 31.2 Å². The average Bonchev–Trinajstić information content (AvgIpc) is 2.69. The fraction of sp³-hybridized carbons (Fsp3) is 0.533. The van der Waals surface area contributed by atoms with Gasteiger partial charge in [-0.1, -0.05) is 17.7 Å². The molecule has 2 bridgehead atoms. The molecule has 2 saturated heterocycles. The molecule has 0 radical (unpaired) electrons. The fourth-order valence-corrected chi connectivity index (χ4v) is 3.23. The van der Waals surface area contributed by atoms with Crippen LogP contribution in [0.1, 0.15) is 41.6 Å². The largest absolute Gasteiger partial charge is 0.349 e. The highest BCUT2D eigenvalue weighted by Crippen LogP contribution is 2.26. The van der Waals surface area contributed by atoms with Crippen LogP contribution < -0.4 is 10.6 Å². The lowest BCUT2D eigenvalue weighted by Gasteiger charge is -2.29. The lowest BCUT2D eigenvalue weighted by molar-refractivity contribution is 0.0924. The molecule has 1 amide bonds. The van der Waals surface area contributed by atoms with Gasteiger partial charge in [0.05, 0.1) is 0 Å². The Kier molecular flexibility index (Phi) is 4.48. The highest BCUT2D eigenvalue weighted by molar-refractivity contribution is 5.94. The number of rotatable bonds is 2. The van der Waals surface area contributed by atoms with Gasteiger partial charge in [-0.3, -0.25) is 4.79 Å². The number of fused-ring (bicyclic) bond motifs is 2. The van der Waals surface area contributed by atoms with Gasteiger partial charge in [0.25, 0.3) is 5.91 Å². The van der Waals surface area contributed by atoms with Gasteiger partial charge in [0, 0.05) is 23.7 Å². The van der Waals surface area contributed by atoms with Crippen molar-refractivity contribution < 1.29 is 4.79 Å². The molecule has 2 N–H and O–H groups in total. The van der Waals surface area contributed by atoms with Gasteiger partial charge in [-0.25, -0.2) is 0 Å². The van der Waals surface area contributed by atoms with Crippen LogP contribution in [0.5, 0.6) is 0 Å². The Morgan fingerprint density at radius 1 is 1.26 bits per heavy atom. The van der Waals surface area contributed by atoms with Crippen LogP contribution >= 0.6 is 12.4 Å². The number of carbonyl (C=O) groups is 1. The van der Waals surface area contributed by atoms with Gasteiger partial charge >= 0.3 is 0 Å². The summed E-state index contributed by atoms with van der Waals surface area (Å²) in [6, 6.07) is 9.37. The molecule has 0 spiro atoms. The molecule has 1 aromatic carbocycles. The number of amides is 1. The Labute approximate surface area is 120 Å². The summed E-state index contributed by atoms with van der Waals surface area (Å²) in [4.78, 5) is 12.2. The Morgan fingerprint density at radius 2 is 1.95 bits per heavy atom. The standard InChI is InChI=1S/C15H20N2O.ClH/c1-10-3-2-4-11(7-10)15(18)17-14-8-12-5-6-13(9-14)16-12;/h2-4,7,12-14,16H,5-6,8-9H2,1H3,(H,17,18);1H. The highest BCUT2D eigenvalue weighted by Gasteiger charge is 2.33. The summed E-state index contributed by atoms with van der Waals surface area (Å²) < 4.78 is 0. The summed E-state index contributed by atoms with van der Waals surface area (Å²) in [6.45, 7) is 2.02. The van der Waals surface area contributed by atoms with E-state index >= 15 is 0 Å². The minimum atomic E-state index is 0. The topological polar surface area (TPSA) is 41.1 Å². The quantitative estimate of drug-likeness (QED) is 0.874. The SMILES string of the molecule is Cc1cccc(C(=O)NC2CC3CCC(C2)N3)c1.Cl. The molecule has 2 heterocycles. The Morgan fingerprint density at radius 3 is 2.58 bits per heavy atom. The first-order valence-corrected chi connectivity index (χ1v) is 6.84. The van der Waals surface area contributed by atoms with Gasteiger partial charge in [-0.15, -0.1) is 12.4 Å². The molecule has 0 aromatic heterocycles. The van der Waals surface area contributed by atoms with E-state index < -0.39 is 0 Å². The minimum Gasteiger partial charge on any atom is -0.349 e. The molecule has 2 fully saturated rings. The Bertz CT molecular complexity index is 451. The molecule has 2 atom stereocenters. The summed E-state index contributed by atoms with van der Waals surface area (Å²) in [6.07, 6.45) is 4.69. The minimum absolute atomic E-state index is 0. The van der Waals surface area contributed by atoms with Gasteiger partial charge in [0.15, 0.2) is 0 Å². The maximum atomic E-state index is 12.2. The van der Waals surface area contributed by atoms with Crippen molar-refractivity contribution in [3.8, 4) is 0 Å². The van der Waals surface area contributed by atoms with Crippen molar-refractivity contribution in [2.24, 2.45) is 0 Å². The van der Waals surface area contributed by atoms with E-state index in [1.165, 1.54) is 12.8 Å². The number of halogens is 1. The van der Waals surface area contributed by atoms with Crippen LogP contribution in [-0.2, 0) is 0 Å². The van der Waals surface area contributed by atoms with Crippen LogP contribution in [0.3, 0.4) is 0 Å². The molecule has 3 rings (SSSR count). The first-order valence-electron chi connectivity index (χ1n) is 6.84. The second-order valence-corrected chi connectivity index (χ2v) is 5.65. The third-order valence-corrected chi connectivity index (χ3v) is 4.09. The zero-order chi connectivity index (χ0) is 12.5. The first-order chi connectivity index (χ1) is 8.70. The average molecular weight is 281 g/mol. The van der Waals surface area contributed by atoms with Crippen LogP contribution in [0.25, 0.3) is 0 Å². The molecule has 3 nitrogen and oxygen atoms in total. The first kappa shape index (κ1) is 14.4. The number of nitrogens with one attached hydrogen (secondary N) is 2. The second kappa shape index (κ2) is 5.93. The van der Waals surface area contributed by atoms with Crippen molar-refractivity contribution in [1.29, 1.82) is 0 Å². The Balaban J connectivity index is 0.00000133. The molecular weight excluding hydrogens is 260 g/mol. The second-order valence-electron chi connectivity index (χ2n) is 5.65. The van der Waals surface area contributed by atoms with E-state index in [1.54, 1.807) is 0 Å². The molecule has 4 heteroatoms. The molecule has 0 saturated carbocycles. The maximum Gasteiger partial charge on any atom is 0.251 e. The van der Waals surface area contributed by atoms with Crippen molar-refractivity contribution in [2.45, 2.75) is 50.7 Å². The van der Waals surface area contributed by atoms with Crippen LogP contribution in [0.2, 0.25) is 0 Å². The monoisotopic (exact) mass is 280 g/mol. The number of carbonyl (C=O) groups excluding carboxylic acids is 1. The lowest BCUT2D eigenvalue weighted by Crippen LogP contribution is -2.48. The number of hydrogen-bond acceptors (Lipinski definition) is 2. The van der Waals surface area contributed by atoms with Gasteiger partial charge in [0.1, 0.15) is 0 Å². The van der Waals surface area contributed by atoms with E-state index in [9.17, 15) is 4.79 Å². The molecule has 2 unspecified atom stereocenters. The van der Waals surface area contributed by atoms with Crippen molar-refractivity contribution in [3.05, 3.63) is 35.4 Å². The van der Waals surface area contributed by atoms with Gasteiger partial charge in [-0.2, -0.15) is 0 Å².